The third-order valence-corrected chi connectivity index (χ3v) is 6.90. The number of aliphatic hydroxyl groups excluding tert-OH is 1. The Morgan fingerprint density at radius 3 is 2.55 bits per heavy atom. The summed E-state index contributed by atoms with van der Waals surface area (Å²) in [6.07, 6.45) is 1.69. The van der Waals surface area contributed by atoms with Gasteiger partial charge >= 0.3 is 5.97 Å². The van der Waals surface area contributed by atoms with Crippen LogP contribution in [0.25, 0.3) is 5.76 Å². The predicted octanol–water partition coefficient (Wildman–Crippen LogP) is 5.12. The van der Waals surface area contributed by atoms with E-state index in [0.717, 1.165) is 40.8 Å². The molecule has 1 N–H and O–H groups in total. The molecule has 0 spiro atoms. The summed E-state index contributed by atoms with van der Waals surface area (Å²) in [4.78, 5) is 40.3. The van der Waals surface area contributed by atoms with Gasteiger partial charge in [-0.15, -0.1) is 0 Å². The molecule has 1 amide bonds. The minimum atomic E-state index is -0.771. The lowest BCUT2D eigenvalue weighted by molar-refractivity contribution is -0.140. The van der Waals surface area contributed by atoms with E-state index in [4.69, 9.17) is 9.47 Å². The number of likely N-dealkylation sites (tertiary alicyclic amines) is 1. The number of amides is 1. The first-order valence-electron chi connectivity index (χ1n) is 12.7. The Morgan fingerprint density at radius 2 is 1.82 bits per heavy atom. The second kappa shape index (κ2) is 10.5. The van der Waals surface area contributed by atoms with Crippen molar-refractivity contribution in [3.05, 3.63) is 106 Å². The minimum Gasteiger partial charge on any atom is -0.507 e. The van der Waals surface area contributed by atoms with Crippen molar-refractivity contribution in [3.8, 4) is 5.75 Å². The van der Waals surface area contributed by atoms with Crippen LogP contribution in [-0.2, 0) is 27.3 Å². The van der Waals surface area contributed by atoms with Crippen LogP contribution in [0.3, 0.4) is 0 Å². The van der Waals surface area contributed by atoms with Gasteiger partial charge in [0.2, 0.25) is 0 Å². The molecule has 1 atom stereocenters. The van der Waals surface area contributed by atoms with E-state index in [-0.39, 0.29) is 24.5 Å². The third-order valence-electron chi connectivity index (χ3n) is 6.90. The highest BCUT2D eigenvalue weighted by atomic mass is 16.5. The second-order valence-electron chi connectivity index (χ2n) is 9.53. The summed E-state index contributed by atoms with van der Waals surface area (Å²) in [5.41, 5.74) is 4.34. The number of ether oxygens (including phenoxy) is 2. The Labute approximate surface area is 221 Å². The number of fused-ring (bicyclic) bond motifs is 1. The SMILES string of the molecule is CCOC(=O)c1ccc(CN2C(=O)C(=O)/C(=C(\O)c3ccc4c(c3)CCCO4)C2c2cccc(C)c2)cc1. The van der Waals surface area contributed by atoms with Crippen LogP contribution < -0.4 is 4.74 Å². The van der Waals surface area contributed by atoms with Gasteiger partial charge in [-0.2, -0.15) is 0 Å². The highest BCUT2D eigenvalue weighted by Crippen LogP contribution is 2.41. The molecule has 0 bridgehead atoms. The second-order valence-corrected chi connectivity index (χ2v) is 9.53. The van der Waals surface area contributed by atoms with Crippen molar-refractivity contribution < 1.29 is 29.0 Å². The average Bonchev–Trinajstić information content (AvgIpc) is 3.18. The minimum absolute atomic E-state index is 0.0559. The van der Waals surface area contributed by atoms with Crippen molar-refractivity contribution in [3.63, 3.8) is 0 Å². The summed E-state index contributed by atoms with van der Waals surface area (Å²) < 4.78 is 10.7. The maximum Gasteiger partial charge on any atom is 0.338 e. The molecule has 0 aromatic heterocycles. The van der Waals surface area contributed by atoms with Crippen LogP contribution in [0.15, 0.2) is 72.3 Å². The largest absolute Gasteiger partial charge is 0.507 e. The van der Waals surface area contributed by atoms with Gasteiger partial charge in [0.1, 0.15) is 11.5 Å². The molecule has 0 saturated carbocycles. The maximum absolute atomic E-state index is 13.4. The van der Waals surface area contributed by atoms with Crippen LogP contribution in [0.2, 0.25) is 0 Å². The van der Waals surface area contributed by atoms with Gasteiger partial charge in [-0.25, -0.2) is 4.79 Å². The summed E-state index contributed by atoms with van der Waals surface area (Å²) in [6.45, 7) is 4.73. The summed E-state index contributed by atoms with van der Waals surface area (Å²) in [5, 5.41) is 11.4. The molecule has 38 heavy (non-hydrogen) atoms. The number of aryl methyl sites for hydroxylation is 2. The molecule has 2 aliphatic heterocycles. The number of esters is 1. The number of nitrogens with zero attached hydrogens (tertiary/aromatic N) is 1. The van der Waals surface area contributed by atoms with Gasteiger partial charge in [-0.1, -0.05) is 42.0 Å². The topological polar surface area (TPSA) is 93.1 Å². The number of carbonyl (C=O) groups excluding carboxylic acids is 3. The lowest BCUT2D eigenvalue weighted by Gasteiger charge is -2.26. The molecular weight excluding hydrogens is 482 g/mol. The molecule has 2 aliphatic rings. The number of hydrogen-bond donors (Lipinski definition) is 1. The molecule has 194 valence electrons. The molecule has 7 nitrogen and oxygen atoms in total. The molecule has 1 fully saturated rings. The standard InChI is InChI=1S/C31H29NO6/c1-3-37-31(36)21-11-9-20(10-12-21)18-32-27(23-7-4-6-19(2)16-23)26(29(34)30(32)35)28(33)24-13-14-25-22(17-24)8-5-15-38-25/h4,6-7,9-14,16-17,27,33H,3,5,8,15,18H2,1-2H3/b28-26-. The predicted molar refractivity (Wildman–Crippen MR) is 142 cm³/mol. The van der Waals surface area contributed by atoms with Crippen molar-refractivity contribution in [2.75, 3.05) is 13.2 Å². The fourth-order valence-electron chi connectivity index (χ4n) is 5.05. The number of aliphatic hydroxyl groups is 1. The van der Waals surface area contributed by atoms with Gasteiger partial charge in [0.05, 0.1) is 30.4 Å². The zero-order chi connectivity index (χ0) is 26.8. The van der Waals surface area contributed by atoms with Crippen LogP contribution in [-0.4, -0.2) is 40.9 Å². The van der Waals surface area contributed by atoms with E-state index < -0.39 is 23.7 Å². The molecule has 0 radical (unpaired) electrons. The van der Waals surface area contributed by atoms with E-state index in [0.29, 0.717) is 17.7 Å². The smallest absolute Gasteiger partial charge is 0.338 e. The van der Waals surface area contributed by atoms with Gasteiger partial charge in [-0.05, 0) is 73.7 Å². The monoisotopic (exact) mass is 511 g/mol. The Morgan fingerprint density at radius 1 is 1.05 bits per heavy atom. The van der Waals surface area contributed by atoms with Crippen LogP contribution in [0.4, 0.5) is 0 Å². The van der Waals surface area contributed by atoms with E-state index >= 15 is 0 Å². The molecule has 1 saturated heterocycles. The number of Topliss-reactive ketones (excluding diaryl/α,β-unsaturated/α-hetero) is 1. The lowest BCUT2D eigenvalue weighted by Crippen LogP contribution is -2.29. The van der Waals surface area contributed by atoms with Gasteiger partial charge in [-0.3, -0.25) is 9.59 Å². The van der Waals surface area contributed by atoms with Crippen molar-refractivity contribution in [1.29, 1.82) is 0 Å². The van der Waals surface area contributed by atoms with E-state index in [1.165, 1.54) is 4.90 Å². The van der Waals surface area contributed by atoms with Crippen molar-refractivity contribution in [2.24, 2.45) is 0 Å². The van der Waals surface area contributed by atoms with Crippen LogP contribution >= 0.6 is 0 Å². The molecular formula is C31H29NO6. The van der Waals surface area contributed by atoms with E-state index in [2.05, 4.69) is 0 Å². The quantitative estimate of drug-likeness (QED) is 0.214. The molecule has 5 rings (SSSR count). The molecule has 7 heteroatoms. The van der Waals surface area contributed by atoms with E-state index in [1.807, 2.05) is 37.3 Å². The van der Waals surface area contributed by atoms with Crippen molar-refractivity contribution in [2.45, 2.75) is 39.3 Å². The maximum atomic E-state index is 13.4. The summed E-state index contributed by atoms with van der Waals surface area (Å²) in [7, 11) is 0. The Hall–Kier alpha value is -4.39. The fourth-order valence-corrected chi connectivity index (χ4v) is 5.05. The molecule has 3 aromatic rings. The fraction of sp³-hybridized carbons (Fsp3) is 0.258. The van der Waals surface area contributed by atoms with Gasteiger partial charge < -0.3 is 19.5 Å². The summed E-state index contributed by atoms with van der Waals surface area (Å²) in [6, 6.07) is 18.9. The first-order valence-corrected chi connectivity index (χ1v) is 12.7. The molecule has 0 aliphatic carbocycles. The van der Waals surface area contributed by atoms with E-state index in [1.54, 1.807) is 43.3 Å². The summed E-state index contributed by atoms with van der Waals surface area (Å²) in [5.74, 6) is -1.27. The molecule has 3 aromatic carbocycles. The first-order chi connectivity index (χ1) is 18.4. The van der Waals surface area contributed by atoms with Gasteiger partial charge in [0.25, 0.3) is 11.7 Å². The zero-order valence-electron chi connectivity index (χ0n) is 21.4. The van der Waals surface area contributed by atoms with Crippen LogP contribution in [0.5, 0.6) is 5.75 Å². The van der Waals surface area contributed by atoms with Gasteiger partial charge in [0.15, 0.2) is 0 Å². The highest BCUT2D eigenvalue weighted by molar-refractivity contribution is 6.46. The molecule has 1 unspecified atom stereocenters. The van der Waals surface area contributed by atoms with E-state index in [9.17, 15) is 19.5 Å². The molecule has 2 heterocycles. The van der Waals surface area contributed by atoms with Crippen LogP contribution in [0.1, 0.15) is 57.6 Å². The normalized spacial score (nSPS) is 18.2. The van der Waals surface area contributed by atoms with Gasteiger partial charge in [0, 0.05) is 12.1 Å². The Bertz CT molecular complexity index is 1440. The Balaban J connectivity index is 1.55. The number of benzene rings is 3. The summed E-state index contributed by atoms with van der Waals surface area (Å²) >= 11 is 0. The Kier molecular flexibility index (Phi) is 7.01. The van der Waals surface area contributed by atoms with Crippen molar-refractivity contribution >= 4 is 23.4 Å². The first kappa shape index (κ1) is 25.3. The average molecular weight is 512 g/mol. The number of ketones is 1. The number of hydrogen-bond acceptors (Lipinski definition) is 6. The lowest BCUT2D eigenvalue weighted by atomic mass is 9.93. The zero-order valence-corrected chi connectivity index (χ0v) is 21.4. The highest BCUT2D eigenvalue weighted by Gasteiger charge is 2.46. The number of rotatable bonds is 6. The van der Waals surface area contributed by atoms with Crippen molar-refractivity contribution in [1.82, 2.24) is 4.90 Å². The van der Waals surface area contributed by atoms with Crippen LogP contribution in [0, 0.1) is 6.92 Å². The number of carbonyl (C=O) groups is 3. The third kappa shape index (κ3) is 4.79.